The second kappa shape index (κ2) is 5.19. The predicted molar refractivity (Wildman–Crippen MR) is 65.5 cm³/mol. The van der Waals surface area contributed by atoms with Crippen molar-refractivity contribution in [2.45, 2.75) is 13.5 Å². The van der Waals surface area contributed by atoms with Crippen LogP contribution in [0.3, 0.4) is 0 Å². The quantitative estimate of drug-likeness (QED) is 0.797. The molecule has 0 amide bonds. The molecule has 3 heteroatoms. The lowest BCUT2D eigenvalue weighted by Crippen LogP contribution is -2.18. The molecule has 2 nitrogen and oxygen atoms in total. The Balaban J connectivity index is 2.87. The average molecular weight is 226 g/mol. The number of hydrogen-bond acceptors (Lipinski definition) is 2. The number of rotatable bonds is 4. The Hall–Kier alpha value is -0.990. The first-order chi connectivity index (χ1) is 7.04. The van der Waals surface area contributed by atoms with Gasteiger partial charge in [-0.05, 0) is 24.6 Å². The van der Waals surface area contributed by atoms with Crippen LogP contribution >= 0.6 is 11.6 Å². The topological polar surface area (TPSA) is 23.5 Å². The van der Waals surface area contributed by atoms with Crippen molar-refractivity contribution in [3.8, 4) is 0 Å². The maximum atomic E-state index is 8.98. The lowest BCUT2D eigenvalue weighted by Gasteiger charge is -2.20. The van der Waals surface area contributed by atoms with Gasteiger partial charge < -0.3 is 10.0 Å². The molecule has 0 radical (unpaired) electrons. The fraction of sp³-hybridized carbons (Fsp3) is 0.333. The fourth-order valence-corrected chi connectivity index (χ4v) is 1.63. The Labute approximate surface area is 95.8 Å². The molecule has 1 aromatic carbocycles. The largest absolute Gasteiger partial charge is 0.392 e. The van der Waals surface area contributed by atoms with Gasteiger partial charge in [-0.2, -0.15) is 0 Å². The maximum absolute atomic E-state index is 8.98. The first kappa shape index (κ1) is 12.1. The average Bonchev–Trinajstić information content (AvgIpc) is 2.16. The van der Waals surface area contributed by atoms with Gasteiger partial charge in [-0.3, -0.25) is 0 Å². The Morgan fingerprint density at radius 3 is 2.67 bits per heavy atom. The second-order valence-corrected chi connectivity index (χ2v) is 4.15. The normalized spacial score (nSPS) is 10.1. The molecule has 0 aliphatic carbocycles. The van der Waals surface area contributed by atoms with Gasteiger partial charge in [-0.15, -0.1) is 0 Å². The molecule has 1 aromatic rings. The Kier molecular flexibility index (Phi) is 4.18. The van der Waals surface area contributed by atoms with E-state index in [2.05, 4.69) is 11.5 Å². The summed E-state index contributed by atoms with van der Waals surface area (Å²) in [4.78, 5) is 2.06. The van der Waals surface area contributed by atoms with Crippen LogP contribution in [0.4, 0.5) is 5.69 Å². The summed E-state index contributed by atoms with van der Waals surface area (Å²) in [6.45, 7) is 6.62. The standard InChI is InChI=1S/C12H16ClNO/c1-9(2)7-14(3)11-5-4-10(8-15)12(13)6-11/h4-6,15H,1,7-8H2,2-3H3. The van der Waals surface area contributed by atoms with Gasteiger partial charge in [0.1, 0.15) is 0 Å². The zero-order valence-electron chi connectivity index (χ0n) is 9.13. The third-order valence-electron chi connectivity index (χ3n) is 2.15. The Morgan fingerprint density at radius 2 is 2.20 bits per heavy atom. The minimum Gasteiger partial charge on any atom is -0.392 e. The predicted octanol–water partition coefficient (Wildman–Crippen LogP) is 2.84. The van der Waals surface area contributed by atoms with Crippen LogP contribution in [0.2, 0.25) is 5.02 Å². The minimum absolute atomic E-state index is 0.0245. The molecule has 0 aromatic heterocycles. The molecule has 0 saturated carbocycles. The van der Waals surface area contributed by atoms with Gasteiger partial charge in [0.25, 0.3) is 0 Å². The highest BCUT2D eigenvalue weighted by atomic mass is 35.5. The Bertz CT molecular complexity index is 363. The van der Waals surface area contributed by atoms with E-state index in [1.807, 2.05) is 32.2 Å². The van der Waals surface area contributed by atoms with E-state index in [4.69, 9.17) is 16.7 Å². The summed E-state index contributed by atoms with van der Waals surface area (Å²) in [5, 5.41) is 9.58. The highest BCUT2D eigenvalue weighted by Gasteiger charge is 2.04. The van der Waals surface area contributed by atoms with Crippen LogP contribution < -0.4 is 4.90 Å². The molecular formula is C12H16ClNO. The summed E-state index contributed by atoms with van der Waals surface area (Å²) in [6, 6.07) is 5.64. The van der Waals surface area contributed by atoms with Gasteiger partial charge in [0.05, 0.1) is 6.61 Å². The summed E-state index contributed by atoms with van der Waals surface area (Å²) in [6.07, 6.45) is 0. The van der Waals surface area contributed by atoms with Crippen molar-refractivity contribution in [2.24, 2.45) is 0 Å². The van der Waals surface area contributed by atoms with Crippen molar-refractivity contribution >= 4 is 17.3 Å². The molecule has 0 spiro atoms. The van der Waals surface area contributed by atoms with Crippen LogP contribution in [-0.2, 0) is 6.61 Å². The van der Waals surface area contributed by atoms with Gasteiger partial charge >= 0.3 is 0 Å². The smallest absolute Gasteiger partial charge is 0.0696 e. The summed E-state index contributed by atoms with van der Waals surface area (Å²) in [7, 11) is 1.99. The van der Waals surface area contributed by atoms with Crippen LogP contribution in [-0.4, -0.2) is 18.7 Å². The third-order valence-corrected chi connectivity index (χ3v) is 2.51. The van der Waals surface area contributed by atoms with Crippen LogP contribution in [0.25, 0.3) is 0 Å². The maximum Gasteiger partial charge on any atom is 0.0696 e. The van der Waals surface area contributed by atoms with Crippen molar-refractivity contribution < 1.29 is 5.11 Å². The summed E-state index contributed by atoms with van der Waals surface area (Å²) < 4.78 is 0. The number of nitrogens with zero attached hydrogens (tertiary/aromatic N) is 1. The fourth-order valence-electron chi connectivity index (χ4n) is 1.40. The summed E-state index contributed by atoms with van der Waals surface area (Å²) >= 11 is 6.00. The number of anilines is 1. The van der Waals surface area contributed by atoms with E-state index in [1.165, 1.54) is 0 Å². The van der Waals surface area contributed by atoms with Gasteiger partial charge in [-0.1, -0.05) is 29.8 Å². The van der Waals surface area contributed by atoms with Crippen molar-refractivity contribution in [3.63, 3.8) is 0 Å². The van der Waals surface area contributed by atoms with Crippen LogP contribution in [0.1, 0.15) is 12.5 Å². The van der Waals surface area contributed by atoms with E-state index < -0.39 is 0 Å². The van der Waals surface area contributed by atoms with E-state index >= 15 is 0 Å². The zero-order chi connectivity index (χ0) is 11.4. The SMILES string of the molecule is C=C(C)CN(C)c1ccc(CO)c(Cl)c1. The summed E-state index contributed by atoms with van der Waals surface area (Å²) in [5.41, 5.74) is 2.88. The van der Waals surface area contributed by atoms with E-state index in [9.17, 15) is 0 Å². The first-order valence-electron chi connectivity index (χ1n) is 4.79. The van der Waals surface area contributed by atoms with Gasteiger partial charge in [0.15, 0.2) is 0 Å². The lowest BCUT2D eigenvalue weighted by molar-refractivity contribution is 0.282. The number of aliphatic hydroxyl groups is 1. The second-order valence-electron chi connectivity index (χ2n) is 3.75. The van der Waals surface area contributed by atoms with Crippen molar-refractivity contribution in [1.29, 1.82) is 0 Å². The van der Waals surface area contributed by atoms with Crippen LogP contribution in [0.15, 0.2) is 30.4 Å². The molecule has 0 atom stereocenters. The zero-order valence-corrected chi connectivity index (χ0v) is 9.88. The number of likely N-dealkylation sites (N-methyl/N-ethyl adjacent to an activating group) is 1. The van der Waals surface area contributed by atoms with Gasteiger partial charge in [0, 0.05) is 24.3 Å². The molecule has 0 aliphatic rings. The van der Waals surface area contributed by atoms with E-state index in [0.717, 1.165) is 23.4 Å². The van der Waals surface area contributed by atoms with Crippen molar-refractivity contribution in [3.05, 3.63) is 40.9 Å². The molecular weight excluding hydrogens is 210 g/mol. The molecule has 0 saturated heterocycles. The number of benzene rings is 1. The minimum atomic E-state index is -0.0245. The van der Waals surface area contributed by atoms with Gasteiger partial charge in [0.2, 0.25) is 0 Å². The van der Waals surface area contributed by atoms with Gasteiger partial charge in [-0.25, -0.2) is 0 Å². The van der Waals surface area contributed by atoms with E-state index in [1.54, 1.807) is 0 Å². The molecule has 0 aliphatic heterocycles. The number of hydrogen-bond donors (Lipinski definition) is 1. The Morgan fingerprint density at radius 1 is 1.53 bits per heavy atom. The summed E-state index contributed by atoms with van der Waals surface area (Å²) in [5.74, 6) is 0. The van der Waals surface area contributed by atoms with Crippen LogP contribution in [0.5, 0.6) is 0 Å². The van der Waals surface area contributed by atoms with E-state index in [0.29, 0.717) is 5.02 Å². The molecule has 1 rings (SSSR count). The monoisotopic (exact) mass is 225 g/mol. The number of halogens is 1. The highest BCUT2D eigenvalue weighted by molar-refractivity contribution is 6.31. The first-order valence-corrected chi connectivity index (χ1v) is 5.17. The highest BCUT2D eigenvalue weighted by Crippen LogP contribution is 2.23. The third kappa shape index (κ3) is 3.26. The molecule has 0 bridgehead atoms. The molecule has 0 unspecified atom stereocenters. The molecule has 82 valence electrons. The van der Waals surface area contributed by atoms with E-state index in [-0.39, 0.29) is 6.61 Å². The molecule has 0 heterocycles. The van der Waals surface area contributed by atoms with Crippen molar-refractivity contribution in [1.82, 2.24) is 0 Å². The molecule has 0 fully saturated rings. The van der Waals surface area contributed by atoms with Crippen LogP contribution in [0, 0.1) is 0 Å². The molecule has 1 N–H and O–H groups in total. The number of aliphatic hydroxyl groups excluding tert-OH is 1. The lowest BCUT2D eigenvalue weighted by atomic mass is 10.2. The van der Waals surface area contributed by atoms with Crippen molar-refractivity contribution in [2.75, 3.05) is 18.5 Å². The molecule has 15 heavy (non-hydrogen) atoms.